The second-order valence-corrected chi connectivity index (χ2v) is 6.02. The summed E-state index contributed by atoms with van der Waals surface area (Å²) in [6, 6.07) is 3.22. The molecule has 20 heavy (non-hydrogen) atoms. The molecule has 0 atom stereocenters. The number of halogens is 1. The van der Waals surface area contributed by atoms with Crippen molar-refractivity contribution in [1.82, 2.24) is 4.72 Å². The molecule has 0 radical (unpaired) electrons. The van der Waals surface area contributed by atoms with Gasteiger partial charge in [0.1, 0.15) is 5.82 Å². The summed E-state index contributed by atoms with van der Waals surface area (Å²) in [5, 5.41) is 11.4. The van der Waals surface area contributed by atoms with Crippen molar-refractivity contribution in [2.24, 2.45) is 16.8 Å². The van der Waals surface area contributed by atoms with E-state index in [-0.39, 0.29) is 23.7 Å². The van der Waals surface area contributed by atoms with Crippen LogP contribution in [-0.2, 0) is 10.2 Å². The Bertz CT molecular complexity index is 602. The molecule has 0 saturated carbocycles. The fourth-order valence-corrected chi connectivity index (χ4v) is 2.42. The lowest BCUT2D eigenvalue weighted by atomic mass is 10.1. The first-order chi connectivity index (χ1) is 9.25. The maximum atomic E-state index is 13.1. The standard InChI is InChI=1S/C11H17FN4O3S/c1-7(2)6-14-20(18,19)16-10-4-3-8(12)5-9(10)11(13)15-17/h3-5,7,14,16-17H,6H2,1-2H3,(H2,13,15). The maximum absolute atomic E-state index is 13.1. The van der Waals surface area contributed by atoms with Crippen molar-refractivity contribution in [2.75, 3.05) is 11.3 Å². The van der Waals surface area contributed by atoms with Crippen LogP contribution in [0.2, 0.25) is 0 Å². The first kappa shape index (κ1) is 16.2. The number of nitrogens with zero attached hydrogens (tertiary/aromatic N) is 1. The number of rotatable bonds is 6. The molecule has 0 aliphatic heterocycles. The number of amidine groups is 1. The second kappa shape index (κ2) is 6.53. The summed E-state index contributed by atoms with van der Waals surface area (Å²) in [6.07, 6.45) is 0. The lowest BCUT2D eigenvalue weighted by molar-refractivity contribution is 0.318. The van der Waals surface area contributed by atoms with E-state index >= 15 is 0 Å². The van der Waals surface area contributed by atoms with E-state index in [9.17, 15) is 12.8 Å². The molecule has 0 aliphatic carbocycles. The normalized spacial score (nSPS) is 12.7. The van der Waals surface area contributed by atoms with Crippen LogP contribution in [0.4, 0.5) is 10.1 Å². The van der Waals surface area contributed by atoms with Crippen molar-refractivity contribution >= 4 is 21.7 Å². The third-order valence-corrected chi connectivity index (χ3v) is 3.33. The van der Waals surface area contributed by atoms with E-state index in [4.69, 9.17) is 10.9 Å². The topological polar surface area (TPSA) is 117 Å². The van der Waals surface area contributed by atoms with Crippen LogP contribution >= 0.6 is 0 Å². The number of nitrogens with one attached hydrogen (secondary N) is 2. The first-order valence-corrected chi connectivity index (χ1v) is 7.28. The summed E-state index contributed by atoms with van der Waals surface area (Å²) in [4.78, 5) is 0. The highest BCUT2D eigenvalue weighted by Gasteiger charge is 2.15. The van der Waals surface area contributed by atoms with Crippen LogP contribution in [0.3, 0.4) is 0 Å². The minimum Gasteiger partial charge on any atom is -0.409 e. The lowest BCUT2D eigenvalue weighted by Gasteiger charge is -2.13. The fourth-order valence-electron chi connectivity index (χ4n) is 1.33. The number of oxime groups is 1. The van der Waals surface area contributed by atoms with Crippen LogP contribution in [0.5, 0.6) is 0 Å². The van der Waals surface area contributed by atoms with Gasteiger partial charge in [0.2, 0.25) is 0 Å². The Balaban J connectivity index is 3.03. The highest BCUT2D eigenvalue weighted by molar-refractivity contribution is 7.90. The fraction of sp³-hybridized carbons (Fsp3) is 0.364. The van der Waals surface area contributed by atoms with E-state index in [1.165, 1.54) is 6.07 Å². The van der Waals surface area contributed by atoms with Crippen molar-refractivity contribution in [2.45, 2.75) is 13.8 Å². The summed E-state index contributed by atoms with van der Waals surface area (Å²) < 4.78 is 41.3. The van der Waals surface area contributed by atoms with Gasteiger partial charge in [-0.15, -0.1) is 0 Å². The van der Waals surface area contributed by atoms with Crippen molar-refractivity contribution < 1.29 is 18.0 Å². The molecule has 0 saturated heterocycles. The third-order valence-electron chi connectivity index (χ3n) is 2.29. The van der Waals surface area contributed by atoms with E-state index < -0.39 is 21.9 Å². The SMILES string of the molecule is CC(C)CNS(=O)(=O)Nc1ccc(F)cc1/C(N)=N/O. The molecule has 0 aromatic heterocycles. The first-order valence-electron chi connectivity index (χ1n) is 5.80. The van der Waals surface area contributed by atoms with Crippen molar-refractivity contribution in [1.29, 1.82) is 0 Å². The van der Waals surface area contributed by atoms with E-state index in [2.05, 4.69) is 14.6 Å². The van der Waals surface area contributed by atoms with Gasteiger partial charge in [0.25, 0.3) is 10.2 Å². The number of hydrogen-bond donors (Lipinski definition) is 4. The molecule has 1 aromatic rings. The van der Waals surface area contributed by atoms with Gasteiger partial charge in [-0.1, -0.05) is 19.0 Å². The van der Waals surface area contributed by atoms with Gasteiger partial charge >= 0.3 is 0 Å². The zero-order chi connectivity index (χ0) is 15.3. The smallest absolute Gasteiger partial charge is 0.299 e. The Kier molecular flexibility index (Phi) is 5.28. The zero-order valence-electron chi connectivity index (χ0n) is 11.1. The molecule has 0 spiro atoms. The van der Waals surface area contributed by atoms with Gasteiger partial charge in [-0.05, 0) is 24.1 Å². The molecule has 0 bridgehead atoms. The molecular formula is C11H17FN4O3S. The minimum atomic E-state index is -3.82. The molecule has 1 rings (SSSR count). The van der Waals surface area contributed by atoms with Gasteiger partial charge in [-0.3, -0.25) is 4.72 Å². The molecule has 0 unspecified atom stereocenters. The van der Waals surface area contributed by atoms with Crippen LogP contribution in [0, 0.1) is 11.7 Å². The molecule has 9 heteroatoms. The number of nitrogens with two attached hydrogens (primary N) is 1. The predicted octanol–water partition coefficient (Wildman–Crippen LogP) is 0.823. The molecule has 1 aromatic carbocycles. The van der Waals surface area contributed by atoms with Crippen LogP contribution in [0.1, 0.15) is 19.4 Å². The summed E-state index contributed by atoms with van der Waals surface area (Å²) in [5.74, 6) is -0.904. The minimum absolute atomic E-state index is 0.0120. The second-order valence-electron chi connectivity index (χ2n) is 4.52. The van der Waals surface area contributed by atoms with Crippen molar-refractivity contribution in [3.63, 3.8) is 0 Å². The molecule has 7 nitrogen and oxygen atoms in total. The Morgan fingerprint density at radius 2 is 2.15 bits per heavy atom. The summed E-state index contributed by atoms with van der Waals surface area (Å²) >= 11 is 0. The largest absolute Gasteiger partial charge is 0.409 e. The van der Waals surface area contributed by atoms with Crippen LogP contribution in [0.25, 0.3) is 0 Å². The highest BCUT2D eigenvalue weighted by Crippen LogP contribution is 2.18. The molecule has 5 N–H and O–H groups in total. The molecule has 0 aliphatic rings. The molecule has 0 fully saturated rings. The van der Waals surface area contributed by atoms with Gasteiger partial charge in [-0.2, -0.15) is 13.1 Å². The monoisotopic (exact) mass is 304 g/mol. The summed E-state index contributed by atoms with van der Waals surface area (Å²) in [6.45, 7) is 3.94. The quantitative estimate of drug-likeness (QED) is 0.269. The molecular weight excluding hydrogens is 287 g/mol. The van der Waals surface area contributed by atoms with E-state index in [1.54, 1.807) is 0 Å². The van der Waals surface area contributed by atoms with Crippen LogP contribution < -0.4 is 15.2 Å². The van der Waals surface area contributed by atoms with Gasteiger partial charge < -0.3 is 10.9 Å². The Labute approximate surface area is 116 Å². The highest BCUT2D eigenvalue weighted by atomic mass is 32.2. The van der Waals surface area contributed by atoms with Crippen molar-refractivity contribution in [3.8, 4) is 0 Å². The zero-order valence-corrected chi connectivity index (χ0v) is 11.9. The van der Waals surface area contributed by atoms with Crippen LogP contribution in [0.15, 0.2) is 23.4 Å². The van der Waals surface area contributed by atoms with E-state index in [0.29, 0.717) is 0 Å². The third kappa shape index (κ3) is 4.67. The average Bonchev–Trinajstić information content (AvgIpc) is 2.37. The molecule has 0 heterocycles. The van der Waals surface area contributed by atoms with Gasteiger partial charge in [0.05, 0.1) is 5.69 Å². The van der Waals surface area contributed by atoms with Crippen LogP contribution in [-0.4, -0.2) is 26.0 Å². The van der Waals surface area contributed by atoms with Crippen molar-refractivity contribution in [3.05, 3.63) is 29.6 Å². The number of anilines is 1. The van der Waals surface area contributed by atoms with Gasteiger partial charge in [0, 0.05) is 12.1 Å². The van der Waals surface area contributed by atoms with E-state index in [0.717, 1.165) is 12.1 Å². The Morgan fingerprint density at radius 3 is 2.70 bits per heavy atom. The average molecular weight is 304 g/mol. The summed E-state index contributed by atoms with van der Waals surface area (Å²) in [5.41, 5.74) is 5.34. The number of benzene rings is 1. The maximum Gasteiger partial charge on any atom is 0.299 e. The summed E-state index contributed by atoms with van der Waals surface area (Å²) in [7, 11) is -3.82. The van der Waals surface area contributed by atoms with E-state index in [1.807, 2.05) is 13.8 Å². The Morgan fingerprint density at radius 1 is 1.50 bits per heavy atom. The molecule has 0 amide bonds. The Hall–Kier alpha value is -1.87. The number of hydrogen-bond acceptors (Lipinski definition) is 4. The van der Waals surface area contributed by atoms with Gasteiger partial charge in [0.15, 0.2) is 5.84 Å². The lowest BCUT2D eigenvalue weighted by Crippen LogP contribution is -2.33. The van der Waals surface area contributed by atoms with Gasteiger partial charge in [-0.25, -0.2) is 4.39 Å². The molecule has 112 valence electrons. The predicted molar refractivity (Wildman–Crippen MR) is 74.3 cm³/mol.